The highest BCUT2D eigenvalue weighted by atomic mass is 16.5. The molecule has 6 nitrogen and oxygen atoms in total. The number of amides is 2. The first-order chi connectivity index (χ1) is 15.0. The molecule has 0 spiro atoms. The Labute approximate surface area is 183 Å². The van der Waals surface area contributed by atoms with E-state index in [1.165, 1.54) is 5.56 Å². The normalized spacial score (nSPS) is 23.6. The second-order valence-corrected chi connectivity index (χ2v) is 9.06. The van der Waals surface area contributed by atoms with E-state index in [9.17, 15) is 9.59 Å². The van der Waals surface area contributed by atoms with E-state index in [1.807, 2.05) is 41.3 Å². The number of piperidine rings is 1. The molecule has 1 aromatic carbocycles. The number of nitrogens with zero attached hydrogens (tertiary/aromatic N) is 1. The second kappa shape index (κ2) is 9.58. The van der Waals surface area contributed by atoms with Gasteiger partial charge in [-0.25, -0.2) is 0 Å². The maximum Gasteiger partial charge on any atom is 0.222 e. The monoisotopic (exact) mass is 424 g/mol. The Morgan fingerprint density at radius 1 is 1.29 bits per heavy atom. The highest BCUT2D eigenvalue weighted by Crippen LogP contribution is 2.30. The summed E-state index contributed by atoms with van der Waals surface area (Å²) in [5, 5.41) is 3.13. The number of rotatable bonds is 8. The van der Waals surface area contributed by atoms with E-state index >= 15 is 0 Å². The number of hydrogen-bond donors (Lipinski definition) is 1. The molecule has 0 radical (unpaired) electrons. The lowest BCUT2D eigenvalue weighted by Gasteiger charge is -2.34. The van der Waals surface area contributed by atoms with Gasteiger partial charge in [-0.3, -0.25) is 9.59 Å². The first kappa shape index (κ1) is 21.5. The lowest BCUT2D eigenvalue weighted by atomic mass is 9.86. The van der Waals surface area contributed by atoms with E-state index in [4.69, 9.17) is 9.15 Å². The molecule has 6 heteroatoms. The van der Waals surface area contributed by atoms with Crippen molar-refractivity contribution >= 4 is 11.8 Å². The average molecular weight is 425 g/mol. The van der Waals surface area contributed by atoms with Crippen LogP contribution in [0.4, 0.5) is 0 Å². The molecule has 2 aliphatic heterocycles. The fourth-order valence-electron chi connectivity index (χ4n) is 4.71. The van der Waals surface area contributed by atoms with Crippen molar-refractivity contribution in [3.63, 3.8) is 0 Å². The largest absolute Gasteiger partial charge is 0.493 e. The van der Waals surface area contributed by atoms with Crippen LogP contribution < -0.4 is 10.1 Å². The minimum absolute atomic E-state index is 0.0605. The highest BCUT2D eigenvalue weighted by molar-refractivity contribution is 5.80. The summed E-state index contributed by atoms with van der Waals surface area (Å²) in [6, 6.07) is 11.9. The first-order valence-corrected chi connectivity index (χ1v) is 11.3. The minimum atomic E-state index is -0.381. The summed E-state index contributed by atoms with van der Waals surface area (Å²) in [5.41, 5.74) is 0.832. The number of hydrogen-bond acceptors (Lipinski definition) is 4. The number of carbonyl (C=O) groups excluding carboxylic acids is 2. The summed E-state index contributed by atoms with van der Waals surface area (Å²) >= 11 is 0. The van der Waals surface area contributed by atoms with Gasteiger partial charge in [-0.05, 0) is 56.9 Å². The number of aryl methyl sites for hydroxylation is 1. The molecule has 3 heterocycles. The fraction of sp³-hybridized carbons (Fsp3) is 0.520. The highest BCUT2D eigenvalue weighted by Gasteiger charge is 2.39. The van der Waals surface area contributed by atoms with Gasteiger partial charge in [0.1, 0.15) is 11.5 Å². The van der Waals surface area contributed by atoms with Crippen molar-refractivity contribution < 1.29 is 18.7 Å². The van der Waals surface area contributed by atoms with Crippen LogP contribution in [-0.2, 0) is 16.0 Å². The standard InChI is InChI=1S/C25H32N2O4/c1-19-6-8-21(9-7-19)31-18-20-4-2-14-27(17-20)24(29)11-13-25(12-10-23(28)26-25)16-22-5-3-15-30-22/h3,5-9,15,20H,2,4,10-14,16-18H2,1H3,(H,26,28)/t20-,25-/m0/s1. The molecule has 1 N–H and O–H groups in total. The molecule has 0 aliphatic carbocycles. The topological polar surface area (TPSA) is 71.8 Å². The molecule has 0 unspecified atom stereocenters. The maximum atomic E-state index is 13.0. The summed E-state index contributed by atoms with van der Waals surface area (Å²) < 4.78 is 11.5. The lowest BCUT2D eigenvalue weighted by molar-refractivity contribution is -0.134. The smallest absolute Gasteiger partial charge is 0.222 e. The number of likely N-dealkylation sites (tertiary alicyclic amines) is 1. The third-order valence-electron chi connectivity index (χ3n) is 6.52. The quantitative estimate of drug-likeness (QED) is 0.698. The summed E-state index contributed by atoms with van der Waals surface area (Å²) in [5.74, 6) is 2.30. The van der Waals surface area contributed by atoms with Crippen molar-refractivity contribution in [1.82, 2.24) is 10.2 Å². The number of benzene rings is 1. The van der Waals surface area contributed by atoms with E-state index in [2.05, 4.69) is 12.2 Å². The van der Waals surface area contributed by atoms with Crippen molar-refractivity contribution in [1.29, 1.82) is 0 Å². The average Bonchev–Trinajstić information content (AvgIpc) is 3.42. The third kappa shape index (κ3) is 5.69. The molecule has 0 saturated carbocycles. The Bertz CT molecular complexity index is 877. The zero-order valence-electron chi connectivity index (χ0n) is 18.3. The molecule has 31 heavy (non-hydrogen) atoms. The van der Waals surface area contributed by atoms with E-state index in [-0.39, 0.29) is 17.4 Å². The predicted octanol–water partition coefficient (Wildman–Crippen LogP) is 3.88. The Morgan fingerprint density at radius 3 is 2.84 bits per heavy atom. The van der Waals surface area contributed by atoms with Gasteiger partial charge in [-0.2, -0.15) is 0 Å². The summed E-state index contributed by atoms with van der Waals surface area (Å²) in [6.07, 6.45) is 6.69. The van der Waals surface area contributed by atoms with Gasteiger partial charge >= 0.3 is 0 Å². The van der Waals surface area contributed by atoms with Crippen LogP contribution >= 0.6 is 0 Å². The predicted molar refractivity (Wildman–Crippen MR) is 118 cm³/mol. The van der Waals surface area contributed by atoms with Crippen LogP contribution in [-0.4, -0.2) is 41.9 Å². The molecule has 2 aliphatic rings. The molecule has 2 aromatic rings. The Hall–Kier alpha value is -2.76. The molecule has 4 rings (SSSR count). The van der Waals surface area contributed by atoms with Gasteiger partial charge in [-0.15, -0.1) is 0 Å². The van der Waals surface area contributed by atoms with Crippen LogP contribution in [0.3, 0.4) is 0 Å². The molecule has 2 amide bonds. The molecular formula is C25H32N2O4. The van der Waals surface area contributed by atoms with E-state index < -0.39 is 0 Å². The molecule has 1 aromatic heterocycles. The van der Waals surface area contributed by atoms with E-state index in [0.29, 0.717) is 38.2 Å². The van der Waals surface area contributed by atoms with Crippen LogP contribution in [0.15, 0.2) is 47.1 Å². The van der Waals surface area contributed by atoms with Gasteiger partial charge in [0, 0.05) is 43.8 Å². The van der Waals surface area contributed by atoms with Crippen LogP contribution in [0.5, 0.6) is 5.75 Å². The third-order valence-corrected chi connectivity index (χ3v) is 6.52. The number of ether oxygens (including phenoxy) is 1. The number of carbonyl (C=O) groups is 2. The van der Waals surface area contributed by atoms with Crippen LogP contribution in [0.25, 0.3) is 0 Å². The minimum Gasteiger partial charge on any atom is -0.493 e. The Balaban J connectivity index is 1.29. The molecular weight excluding hydrogens is 392 g/mol. The van der Waals surface area contributed by atoms with Crippen molar-refractivity contribution in [2.75, 3.05) is 19.7 Å². The Kier molecular flexibility index (Phi) is 6.64. The van der Waals surface area contributed by atoms with Crippen molar-refractivity contribution in [3.05, 3.63) is 54.0 Å². The van der Waals surface area contributed by atoms with Gasteiger partial charge < -0.3 is 19.4 Å². The number of furan rings is 1. The zero-order chi connectivity index (χ0) is 21.7. The fourth-order valence-corrected chi connectivity index (χ4v) is 4.71. The molecule has 2 atom stereocenters. The van der Waals surface area contributed by atoms with Crippen LogP contribution in [0.2, 0.25) is 0 Å². The molecule has 2 saturated heterocycles. The second-order valence-electron chi connectivity index (χ2n) is 9.06. The summed E-state index contributed by atoms with van der Waals surface area (Å²) in [4.78, 5) is 26.9. The van der Waals surface area contributed by atoms with Crippen LogP contribution in [0.1, 0.15) is 49.8 Å². The van der Waals surface area contributed by atoms with Crippen molar-refractivity contribution in [3.8, 4) is 5.75 Å². The molecule has 0 bridgehead atoms. The summed E-state index contributed by atoms with van der Waals surface area (Å²) in [6.45, 7) is 4.23. The van der Waals surface area contributed by atoms with Crippen molar-refractivity contribution in [2.24, 2.45) is 5.92 Å². The van der Waals surface area contributed by atoms with Gasteiger partial charge in [0.25, 0.3) is 0 Å². The lowest BCUT2D eigenvalue weighted by Crippen LogP contribution is -2.46. The molecule has 2 fully saturated rings. The van der Waals surface area contributed by atoms with Gasteiger partial charge in [0.2, 0.25) is 11.8 Å². The first-order valence-electron chi connectivity index (χ1n) is 11.3. The van der Waals surface area contributed by atoms with Crippen LogP contribution in [0, 0.1) is 12.8 Å². The van der Waals surface area contributed by atoms with Gasteiger partial charge in [0.15, 0.2) is 0 Å². The van der Waals surface area contributed by atoms with Gasteiger partial charge in [-0.1, -0.05) is 17.7 Å². The SMILES string of the molecule is Cc1ccc(OC[C@H]2CCCN(C(=O)CC[C@]3(Cc4ccco4)CCC(=O)N3)C2)cc1. The van der Waals surface area contributed by atoms with Gasteiger partial charge in [0.05, 0.1) is 12.9 Å². The Morgan fingerprint density at radius 2 is 2.13 bits per heavy atom. The van der Waals surface area contributed by atoms with E-state index in [1.54, 1.807) is 6.26 Å². The van der Waals surface area contributed by atoms with E-state index in [0.717, 1.165) is 43.9 Å². The maximum absolute atomic E-state index is 13.0. The number of nitrogens with one attached hydrogen (secondary N) is 1. The zero-order valence-corrected chi connectivity index (χ0v) is 18.3. The summed E-state index contributed by atoms with van der Waals surface area (Å²) in [7, 11) is 0. The molecule has 166 valence electrons. The van der Waals surface area contributed by atoms with Crippen molar-refractivity contribution in [2.45, 2.75) is 57.4 Å².